The van der Waals surface area contributed by atoms with E-state index in [0.29, 0.717) is 16.9 Å². The van der Waals surface area contributed by atoms with Crippen molar-refractivity contribution in [3.63, 3.8) is 0 Å². The molecule has 2 aromatic carbocycles. The molecule has 1 amide bonds. The fourth-order valence-corrected chi connectivity index (χ4v) is 3.28. The average Bonchev–Trinajstić information content (AvgIpc) is 3.17. The van der Waals surface area contributed by atoms with E-state index in [1.54, 1.807) is 24.3 Å². The van der Waals surface area contributed by atoms with E-state index in [-0.39, 0.29) is 5.91 Å². The van der Waals surface area contributed by atoms with Crippen LogP contribution in [0.4, 0.5) is 5.69 Å². The maximum absolute atomic E-state index is 12.8. The lowest BCUT2D eigenvalue weighted by molar-refractivity contribution is 0.102. The van der Waals surface area contributed by atoms with E-state index >= 15 is 0 Å². The number of benzene rings is 2. The van der Waals surface area contributed by atoms with Gasteiger partial charge in [-0.05, 0) is 67.7 Å². The summed E-state index contributed by atoms with van der Waals surface area (Å²) in [6.45, 7) is 0.799. The van der Waals surface area contributed by atoms with Gasteiger partial charge >= 0.3 is 0 Å². The monoisotopic (exact) mass is 396 g/mol. The highest BCUT2D eigenvalue weighted by atomic mass is 16.1. The van der Waals surface area contributed by atoms with Gasteiger partial charge in [-0.2, -0.15) is 10.4 Å². The van der Waals surface area contributed by atoms with Crippen LogP contribution in [0.1, 0.15) is 21.6 Å². The standard InChI is InChI=1S/C23H20N6O/c1-29(2)14-16-9-18(13-25-12-16)17-5-8-21-20(10-17)22(28-27-21)23(30)26-19-6-3-15(11-24)4-7-19/h3-10,12-13H,14H2,1-2H3,(H,26,30)(H,27,28). The van der Waals surface area contributed by atoms with Crippen molar-refractivity contribution in [3.8, 4) is 17.2 Å². The molecule has 0 aliphatic carbocycles. The lowest BCUT2D eigenvalue weighted by Gasteiger charge is -2.10. The van der Waals surface area contributed by atoms with Crippen molar-refractivity contribution in [2.24, 2.45) is 0 Å². The number of amides is 1. The molecular formula is C23H20N6O. The third-order valence-electron chi connectivity index (χ3n) is 4.68. The number of rotatable bonds is 5. The number of nitrogens with one attached hydrogen (secondary N) is 2. The first-order valence-electron chi connectivity index (χ1n) is 9.42. The lowest BCUT2D eigenvalue weighted by atomic mass is 10.0. The summed E-state index contributed by atoms with van der Waals surface area (Å²) in [5.41, 5.74) is 5.29. The van der Waals surface area contributed by atoms with Gasteiger partial charge in [-0.25, -0.2) is 0 Å². The normalized spacial score (nSPS) is 10.9. The van der Waals surface area contributed by atoms with Gasteiger partial charge in [-0.1, -0.05) is 6.07 Å². The summed E-state index contributed by atoms with van der Waals surface area (Å²) in [5.74, 6) is -0.317. The Morgan fingerprint density at radius 3 is 2.63 bits per heavy atom. The second-order valence-electron chi connectivity index (χ2n) is 7.30. The fraction of sp³-hybridized carbons (Fsp3) is 0.130. The summed E-state index contributed by atoms with van der Waals surface area (Å²) in [4.78, 5) is 19.2. The molecule has 0 bridgehead atoms. The quantitative estimate of drug-likeness (QED) is 0.535. The fourth-order valence-electron chi connectivity index (χ4n) is 3.28. The van der Waals surface area contributed by atoms with Crippen molar-refractivity contribution >= 4 is 22.5 Å². The van der Waals surface area contributed by atoms with Crippen LogP contribution in [0.2, 0.25) is 0 Å². The van der Waals surface area contributed by atoms with Crippen LogP contribution in [0.5, 0.6) is 0 Å². The molecule has 4 rings (SSSR count). The minimum Gasteiger partial charge on any atom is -0.321 e. The maximum atomic E-state index is 12.8. The number of H-pyrrole nitrogens is 1. The molecule has 4 aromatic rings. The van der Waals surface area contributed by atoms with Crippen molar-refractivity contribution in [1.82, 2.24) is 20.1 Å². The Kier molecular flexibility index (Phi) is 5.24. The Morgan fingerprint density at radius 2 is 1.90 bits per heavy atom. The lowest BCUT2D eigenvalue weighted by Crippen LogP contribution is -2.12. The maximum Gasteiger partial charge on any atom is 0.276 e. The molecule has 148 valence electrons. The SMILES string of the molecule is CN(C)Cc1cncc(-c2ccc3[nH]nc(C(=O)Nc4ccc(C#N)cc4)c3c2)c1. The predicted octanol–water partition coefficient (Wildman–Crippen LogP) is 3.81. The van der Waals surface area contributed by atoms with Crippen molar-refractivity contribution in [3.05, 3.63) is 77.7 Å². The second kappa shape index (κ2) is 8.15. The molecule has 0 aliphatic heterocycles. The first-order valence-corrected chi connectivity index (χ1v) is 9.42. The number of nitriles is 1. The van der Waals surface area contributed by atoms with Gasteiger partial charge in [0.2, 0.25) is 0 Å². The smallest absolute Gasteiger partial charge is 0.276 e. The number of aromatic amines is 1. The highest BCUT2D eigenvalue weighted by molar-refractivity contribution is 6.11. The van der Waals surface area contributed by atoms with Gasteiger partial charge in [-0.15, -0.1) is 0 Å². The van der Waals surface area contributed by atoms with Crippen LogP contribution >= 0.6 is 0 Å². The third-order valence-corrected chi connectivity index (χ3v) is 4.68. The number of nitrogens with zero attached hydrogens (tertiary/aromatic N) is 4. The van der Waals surface area contributed by atoms with Gasteiger partial charge in [0.15, 0.2) is 5.69 Å². The van der Waals surface area contributed by atoms with E-state index in [1.165, 1.54) is 0 Å². The van der Waals surface area contributed by atoms with Crippen molar-refractivity contribution < 1.29 is 4.79 Å². The first kappa shape index (κ1) is 19.3. The van der Waals surface area contributed by atoms with E-state index in [0.717, 1.165) is 34.1 Å². The first-order chi connectivity index (χ1) is 14.5. The van der Waals surface area contributed by atoms with Crippen LogP contribution in [0.3, 0.4) is 0 Å². The molecule has 2 N–H and O–H groups in total. The summed E-state index contributed by atoms with van der Waals surface area (Å²) >= 11 is 0. The predicted molar refractivity (Wildman–Crippen MR) is 116 cm³/mol. The van der Waals surface area contributed by atoms with Crippen LogP contribution in [0.15, 0.2) is 60.9 Å². The topological polar surface area (TPSA) is 97.7 Å². The highest BCUT2D eigenvalue weighted by Crippen LogP contribution is 2.26. The minimum atomic E-state index is -0.317. The Morgan fingerprint density at radius 1 is 1.10 bits per heavy atom. The third kappa shape index (κ3) is 4.04. The molecule has 0 unspecified atom stereocenters. The van der Waals surface area contributed by atoms with E-state index in [4.69, 9.17) is 5.26 Å². The van der Waals surface area contributed by atoms with Crippen LogP contribution in [-0.2, 0) is 6.54 Å². The number of aromatic nitrogens is 3. The molecule has 7 heteroatoms. The van der Waals surface area contributed by atoms with E-state index in [9.17, 15) is 4.79 Å². The van der Waals surface area contributed by atoms with Crippen LogP contribution < -0.4 is 5.32 Å². The molecule has 0 saturated heterocycles. The summed E-state index contributed by atoms with van der Waals surface area (Å²) in [6.07, 6.45) is 3.67. The molecule has 0 radical (unpaired) electrons. The molecule has 7 nitrogen and oxygen atoms in total. The minimum absolute atomic E-state index is 0.314. The average molecular weight is 396 g/mol. The van der Waals surface area contributed by atoms with Crippen molar-refractivity contribution in [2.75, 3.05) is 19.4 Å². The summed E-state index contributed by atoms with van der Waals surface area (Å²) in [5, 5.41) is 19.6. The van der Waals surface area contributed by atoms with Gasteiger partial charge < -0.3 is 10.2 Å². The Bertz CT molecular complexity index is 1250. The number of hydrogen-bond acceptors (Lipinski definition) is 5. The number of anilines is 1. The molecule has 0 aliphatic rings. The summed E-state index contributed by atoms with van der Waals surface area (Å²) < 4.78 is 0. The van der Waals surface area contributed by atoms with Crippen LogP contribution in [0.25, 0.3) is 22.0 Å². The van der Waals surface area contributed by atoms with Gasteiger partial charge in [-0.3, -0.25) is 14.9 Å². The molecule has 2 heterocycles. The zero-order chi connectivity index (χ0) is 21.1. The van der Waals surface area contributed by atoms with E-state index in [1.807, 2.05) is 44.7 Å². The number of fused-ring (bicyclic) bond motifs is 1. The zero-order valence-electron chi connectivity index (χ0n) is 16.7. The second-order valence-corrected chi connectivity index (χ2v) is 7.30. The Labute approximate surface area is 174 Å². The van der Waals surface area contributed by atoms with E-state index in [2.05, 4.69) is 37.5 Å². The largest absolute Gasteiger partial charge is 0.321 e. The number of hydrogen-bond donors (Lipinski definition) is 2. The zero-order valence-corrected chi connectivity index (χ0v) is 16.7. The number of carbonyl (C=O) groups excluding carboxylic acids is 1. The summed E-state index contributed by atoms with van der Waals surface area (Å²) in [6, 6.07) is 16.7. The molecule has 0 saturated carbocycles. The van der Waals surface area contributed by atoms with Crippen molar-refractivity contribution in [2.45, 2.75) is 6.54 Å². The molecule has 0 fully saturated rings. The van der Waals surface area contributed by atoms with Gasteiger partial charge in [0.1, 0.15) is 0 Å². The Hall–Kier alpha value is -4.02. The van der Waals surface area contributed by atoms with Gasteiger partial charge in [0.05, 0.1) is 17.1 Å². The Balaban J connectivity index is 1.64. The molecule has 2 aromatic heterocycles. The van der Waals surface area contributed by atoms with Crippen LogP contribution in [0, 0.1) is 11.3 Å². The van der Waals surface area contributed by atoms with Crippen molar-refractivity contribution in [1.29, 1.82) is 5.26 Å². The molecular weight excluding hydrogens is 376 g/mol. The van der Waals surface area contributed by atoms with Crippen LogP contribution in [-0.4, -0.2) is 40.1 Å². The van der Waals surface area contributed by atoms with Gasteiger partial charge in [0.25, 0.3) is 5.91 Å². The highest BCUT2D eigenvalue weighted by Gasteiger charge is 2.15. The van der Waals surface area contributed by atoms with E-state index < -0.39 is 0 Å². The number of carbonyl (C=O) groups is 1. The molecule has 30 heavy (non-hydrogen) atoms. The molecule has 0 atom stereocenters. The summed E-state index contributed by atoms with van der Waals surface area (Å²) in [7, 11) is 4.03. The van der Waals surface area contributed by atoms with Gasteiger partial charge in [0, 0.05) is 35.6 Å². The molecule has 0 spiro atoms. The number of pyridine rings is 1.